The second-order valence-electron chi connectivity index (χ2n) is 31.2. The van der Waals surface area contributed by atoms with Gasteiger partial charge in [-0.05, 0) is 250 Å². The molecule has 10 aromatic rings. The number of benzene rings is 5. The summed E-state index contributed by atoms with van der Waals surface area (Å²) in [6, 6.07) is 56.7. The topological polar surface area (TPSA) is 19.4 Å². The minimum absolute atomic E-state index is 0.206. The number of hydrogen-bond donors (Lipinski definition) is 0. The standard InChI is InChI=1S/C19H24N.2C19H26N.2C18H24N/c1-14-10-11-20(3)19(12-14)18-9-8-17(13-15(18)2)16-6-4-5-7-16;1-14-9-10-20(6)18(11-14)17-8-7-16(12-15(17)2)13-19(3,4)5;1-6-16(7-2)17-8-9-18(15(4)13-17)19-12-14(3)10-11-20(19)5;1-13-9-10-19(6)17(11-13)16-8-7-15(12-14(16)2)18(3,4)5;1-6-14(3)16-7-8-17(15(4)12-16)18-11-13(2)9-10-19(18)5/h8-13,16H,4-7H2,1-3H3;7-12H,13H2,1-6H3;8-13,16H,6-7H2,1-5H3;7-12H,1-6H3;7-12,14H,6H2,1-5H3/q5*+1. The quantitative estimate of drug-likeness (QED) is 0.109. The van der Waals surface area contributed by atoms with Gasteiger partial charge in [0, 0.05) is 88.5 Å². The molecule has 516 valence electrons. The Bertz CT molecular complexity index is 4210. The third-order valence-corrected chi connectivity index (χ3v) is 20.2. The molecule has 0 saturated heterocycles. The Kier molecular flexibility index (Phi) is 27.2. The molecule has 0 amide bonds. The van der Waals surface area contributed by atoms with Gasteiger partial charge in [0.2, 0.25) is 28.5 Å². The van der Waals surface area contributed by atoms with Crippen molar-refractivity contribution >= 4 is 0 Å². The van der Waals surface area contributed by atoms with Gasteiger partial charge in [-0.1, -0.05) is 143 Å². The lowest BCUT2D eigenvalue weighted by atomic mass is 9.85. The number of aromatic nitrogens is 5. The van der Waals surface area contributed by atoms with Crippen LogP contribution in [0.5, 0.6) is 0 Å². The maximum atomic E-state index is 2.41. The molecule has 5 nitrogen and oxygen atoms in total. The van der Waals surface area contributed by atoms with Crippen molar-refractivity contribution in [1.29, 1.82) is 0 Å². The predicted molar refractivity (Wildman–Crippen MR) is 418 cm³/mol. The molecule has 1 aliphatic rings. The Morgan fingerprint density at radius 2 is 0.684 bits per heavy atom. The second kappa shape index (κ2) is 34.6. The van der Waals surface area contributed by atoms with Gasteiger partial charge in [0.25, 0.3) is 0 Å². The average molecular weight is 1310 g/mol. The van der Waals surface area contributed by atoms with Crippen LogP contribution in [-0.2, 0) is 47.1 Å². The van der Waals surface area contributed by atoms with E-state index in [4.69, 9.17) is 0 Å². The molecule has 0 radical (unpaired) electrons. The van der Waals surface area contributed by atoms with Crippen LogP contribution in [0.1, 0.15) is 215 Å². The maximum absolute atomic E-state index is 2.41. The van der Waals surface area contributed by atoms with Crippen LogP contribution in [0.15, 0.2) is 183 Å². The number of nitrogens with zero attached hydrogens (tertiary/aromatic N) is 5. The normalized spacial score (nSPS) is 12.6. The van der Waals surface area contributed by atoms with Crippen molar-refractivity contribution in [2.75, 3.05) is 0 Å². The molecule has 98 heavy (non-hydrogen) atoms. The van der Waals surface area contributed by atoms with E-state index in [1.807, 2.05) is 0 Å². The second-order valence-corrected chi connectivity index (χ2v) is 31.2. The summed E-state index contributed by atoms with van der Waals surface area (Å²) in [7, 11) is 10.6. The Labute approximate surface area is 595 Å². The highest BCUT2D eigenvalue weighted by Gasteiger charge is 2.23. The zero-order valence-electron chi connectivity index (χ0n) is 65.4. The molecular weight excluding hydrogens is 1190 g/mol. The van der Waals surface area contributed by atoms with Gasteiger partial charge in [-0.2, -0.15) is 0 Å². The van der Waals surface area contributed by atoms with Gasteiger partial charge < -0.3 is 0 Å². The zero-order chi connectivity index (χ0) is 71.9. The minimum atomic E-state index is 0.206. The third-order valence-electron chi connectivity index (χ3n) is 20.2. The molecule has 1 fully saturated rings. The molecule has 11 rings (SSSR count). The van der Waals surface area contributed by atoms with Crippen molar-refractivity contribution in [2.24, 2.45) is 40.7 Å². The SMILES string of the molecule is CCC(C)c1ccc(-c2cc(C)cc[n+]2C)c(C)c1.CCC(CC)c1ccc(-c2cc(C)cc[n+]2C)c(C)c1.Cc1cc[n+](C)c(-c2ccc(C(C)(C)C)cc2C)c1.Cc1cc[n+](C)c(-c2ccc(C3CCCC3)cc2C)c1.Cc1cc[n+](C)c(-c2ccc(CC(C)(C)C)cc2C)c1. The smallest absolute Gasteiger partial charge is 0.201 e. The highest BCUT2D eigenvalue weighted by Crippen LogP contribution is 2.37. The van der Waals surface area contributed by atoms with E-state index in [0.717, 1.165) is 12.3 Å². The van der Waals surface area contributed by atoms with E-state index in [-0.39, 0.29) is 5.41 Å². The van der Waals surface area contributed by atoms with E-state index in [2.05, 4.69) is 379 Å². The molecule has 5 aromatic carbocycles. The number of aryl methyl sites for hydroxylation is 15. The first-order chi connectivity index (χ1) is 46.3. The first kappa shape index (κ1) is 77.2. The molecule has 5 heteroatoms. The monoisotopic (exact) mass is 1310 g/mol. The van der Waals surface area contributed by atoms with Crippen LogP contribution in [0.2, 0.25) is 0 Å². The lowest BCUT2D eigenvalue weighted by Crippen LogP contribution is -2.30. The van der Waals surface area contributed by atoms with Gasteiger partial charge in [0.1, 0.15) is 35.2 Å². The largest absolute Gasteiger partial charge is 0.212 e. The van der Waals surface area contributed by atoms with Crippen molar-refractivity contribution in [1.82, 2.24) is 0 Å². The van der Waals surface area contributed by atoms with E-state index >= 15 is 0 Å². The fraction of sp³-hybridized carbons (Fsp3) is 0.409. The maximum Gasteiger partial charge on any atom is 0.212 e. The molecule has 1 unspecified atom stereocenters. The van der Waals surface area contributed by atoms with E-state index in [1.165, 1.54) is 179 Å². The highest BCUT2D eigenvalue weighted by molar-refractivity contribution is 5.66. The van der Waals surface area contributed by atoms with Crippen LogP contribution in [0.4, 0.5) is 0 Å². The predicted octanol–water partition coefficient (Wildman–Crippen LogP) is 21.9. The third kappa shape index (κ3) is 20.9. The van der Waals surface area contributed by atoms with Gasteiger partial charge in [0.05, 0.1) is 0 Å². The zero-order valence-corrected chi connectivity index (χ0v) is 65.4. The first-order valence-electron chi connectivity index (χ1n) is 36.6. The summed E-state index contributed by atoms with van der Waals surface area (Å²) < 4.78 is 11.0. The minimum Gasteiger partial charge on any atom is -0.201 e. The summed E-state index contributed by atoms with van der Waals surface area (Å²) in [5, 5.41) is 0. The van der Waals surface area contributed by atoms with Gasteiger partial charge in [-0.3, -0.25) is 0 Å². The van der Waals surface area contributed by atoms with Gasteiger partial charge in [0.15, 0.2) is 31.0 Å². The van der Waals surface area contributed by atoms with Crippen LogP contribution in [-0.4, -0.2) is 0 Å². The highest BCUT2D eigenvalue weighted by atomic mass is 14.9. The van der Waals surface area contributed by atoms with E-state index in [0.29, 0.717) is 17.3 Å². The van der Waals surface area contributed by atoms with Crippen molar-refractivity contribution in [3.8, 4) is 56.3 Å². The first-order valence-corrected chi connectivity index (χ1v) is 36.6. The summed E-state index contributed by atoms with van der Waals surface area (Å²) in [6.45, 7) is 44.6. The molecule has 0 N–H and O–H groups in total. The molecule has 0 aliphatic heterocycles. The lowest BCUT2D eigenvalue weighted by Gasteiger charge is -2.20. The van der Waals surface area contributed by atoms with Crippen molar-refractivity contribution in [3.63, 3.8) is 0 Å². The Morgan fingerprint density at radius 3 is 1.01 bits per heavy atom. The summed E-state index contributed by atoms with van der Waals surface area (Å²) in [4.78, 5) is 0. The lowest BCUT2D eigenvalue weighted by molar-refractivity contribution is -0.660. The summed E-state index contributed by atoms with van der Waals surface area (Å²) in [5.41, 5.74) is 34.3. The molecule has 1 atom stereocenters. The van der Waals surface area contributed by atoms with Crippen molar-refractivity contribution < 1.29 is 22.8 Å². The van der Waals surface area contributed by atoms with E-state index in [1.54, 1.807) is 5.56 Å². The van der Waals surface area contributed by atoms with E-state index in [9.17, 15) is 0 Å². The Morgan fingerprint density at radius 1 is 0.357 bits per heavy atom. The molecule has 0 spiro atoms. The number of pyridine rings is 5. The van der Waals surface area contributed by atoms with Crippen LogP contribution in [0, 0.1) is 74.7 Å². The van der Waals surface area contributed by atoms with Gasteiger partial charge >= 0.3 is 0 Å². The fourth-order valence-electron chi connectivity index (χ4n) is 13.9. The molecular formula is C93H124N5+5. The summed E-state index contributed by atoms with van der Waals surface area (Å²) >= 11 is 0. The summed E-state index contributed by atoms with van der Waals surface area (Å²) in [5.74, 6) is 2.13. The van der Waals surface area contributed by atoms with Crippen LogP contribution >= 0.6 is 0 Å². The molecule has 5 aromatic heterocycles. The molecule has 1 aliphatic carbocycles. The van der Waals surface area contributed by atoms with Crippen molar-refractivity contribution in [3.05, 3.63) is 266 Å². The molecule has 0 bridgehead atoms. The van der Waals surface area contributed by atoms with Crippen LogP contribution in [0.25, 0.3) is 56.3 Å². The molecule has 1 saturated carbocycles. The number of rotatable bonds is 12. The fourth-order valence-corrected chi connectivity index (χ4v) is 13.9. The van der Waals surface area contributed by atoms with Crippen LogP contribution in [0.3, 0.4) is 0 Å². The van der Waals surface area contributed by atoms with E-state index < -0.39 is 0 Å². The van der Waals surface area contributed by atoms with Gasteiger partial charge in [-0.25, -0.2) is 22.8 Å². The average Bonchev–Trinajstić information content (AvgIpc) is 0.988. The van der Waals surface area contributed by atoms with Crippen LogP contribution < -0.4 is 22.8 Å². The Hall–Kier alpha value is -8.15. The Balaban J connectivity index is 0.000000172. The molecule has 5 heterocycles. The van der Waals surface area contributed by atoms with Gasteiger partial charge in [-0.15, -0.1) is 0 Å². The summed E-state index contributed by atoms with van der Waals surface area (Å²) in [6.07, 6.45) is 21.0. The van der Waals surface area contributed by atoms with Crippen molar-refractivity contribution in [2.45, 2.75) is 213 Å². The number of hydrogen-bond acceptors (Lipinski definition) is 0.